The maximum atomic E-state index is 13.1. The fourth-order valence-corrected chi connectivity index (χ4v) is 4.64. The highest BCUT2D eigenvalue weighted by molar-refractivity contribution is 9.10. The number of hydrogen-bond acceptors (Lipinski definition) is 4. The number of nitrogens with one attached hydrogen (secondary N) is 1. The lowest BCUT2D eigenvalue weighted by atomic mass is 10.1. The number of carbonyl (C=O) groups excluding carboxylic acids is 1. The van der Waals surface area contributed by atoms with Crippen molar-refractivity contribution < 1.29 is 4.79 Å². The van der Waals surface area contributed by atoms with Gasteiger partial charge in [0.15, 0.2) is 5.82 Å². The molecule has 0 radical (unpaired) electrons. The van der Waals surface area contributed by atoms with Crippen molar-refractivity contribution in [3.05, 3.63) is 64.6 Å². The van der Waals surface area contributed by atoms with E-state index in [1.807, 2.05) is 59.5 Å². The van der Waals surface area contributed by atoms with E-state index in [0.29, 0.717) is 11.0 Å². The Morgan fingerprint density at radius 3 is 2.52 bits per heavy atom. The Labute approximate surface area is 170 Å². The smallest absolute Gasteiger partial charge is 0.240 e. The van der Waals surface area contributed by atoms with E-state index in [2.05, 4.69) is 31.1 Å². The number of likely N-dealkylation sites (tertiary alicyclic amines) is 1. The normalized spacial score (nSPS) is 15.1. The Morgan fingerprint density at radius 1 is 1.07 bits per heavy atom. The SMILES string of the molecule is O=C(C(Sc1n[nH]c(-c2ccccc2Br)n1)c1ccccc1)N1CCCC1. The maximum absolute atomic E-state index is 13.1. The minimum atomic E-state index is -0.341. The first-order chi connectivity index (χ1) is 13.2. The maximum Gasteiger partial charge on any atom is 0.240 e. The van der Waals surface area contributed by atoms with E-state index in [9.17, 15) is 4.79 Å². The molecule has 1 amide bonds. The molecule has 2 aromatic carbocycles. The number of benzene rings is 2. The highest BCUT2D eigenvalue weighted by Gasteiger charge is 2.30. The Hall–Kier alpha value is -2.12. The number of hydrogen-bond donors (Lipinski definition) is 1. The average Bonchev–Trinajstić information content (AvgIpc) is 3.39. The number of nitrogens with zero attached hydrogens (tertiary/aromatic N) is 3. The molecule has 0 saturated carbocycles. The van der Waals surface area contributed by atoms with Gasteiger partial charge in [0.1, 0.15) is 5.25 Å². The van der Waals surface area contributed by atoms with E-state index in [1.54, 1.807) is 0 Å². The van der Waals surface area contributed by atoms with Crippen LogP contribution in [0.1, 0.15) is 23.7 Å². The standard InChI is InChI=1S/C20H19BrN4OS/c21-16-11-5-4-10-15(16)18-22-20(24-23-18)27-17(14-8-2-1-3-9-14)19(26)25-12-6-7-13-25/h1-5,8-11,17H,6-7,12-13H2,(H,22,23,24). The number of thioether (sulfide) groups is 1. The molecule has 0 bridgehead atoms. The zero-order valence-electron chi connectivity index (χ0n) is 14.6. The summed E-state index contributed by atoms with van der Waals surface area (Å²) in [6.45, 7) is 1.66. The van der Waals surface area contributed by atoms with Gasteiger partial charge in [-0.1, -0.05) is 76.2 Å². The largest absolute Gasteiger partial charge is 0.341 e. The van der Waals surface area contributed by atoms with Crippen molar-refractivity contribution >= 4 is 33.6 Å². The molecule has 2 heterocycles. The molecule has 1 aliphatic heterocycles. The molecule has 27 heavy (non-hydrogen) atoms. The summed E-state index contributed by atoms with van der Waals surface area (Å²) < 4.78 is 0.949. The van der Waals surface area contributed by atoms with Crippen molar-refractivity contribution in [1.82, 2.24) is 20.1 Å². The van der Waals surface area contributed by atoms with Crippen LogP contribution in [0.4, 0.5) is 0 Å². The second-order valence-corrected chi connectivity index (χ2v) is 8.31. The lowest BCUT2D eigenvalue weighted by molar-refractivity contribution is -0.129. The monoisotopic (exact) mass is 442 g/mol. The molecule has 7 heteroatoms. The van der Waals surface area contributed by atoms with Gasteiger partial charge in [-0.25, -0.2) is 4.98 Å². The van der Waals surface area contributed by atoms with Crippen LogP contribution in [-0.2, 0) is 4.79 Å². The van der Waals surface area contributed by atoms with Crippen LogP contribution in [0.2, 0.25) is 0 Å². The highest BCUT2D eigenvalue weighted by Crippen LogP contribution is 2.36. The van der Waals surface area contributed by atoms with Crippen LogP contribution in [0.15, 0.2) is 64.2 Å². The number of amides is 1. The summed E-state index contributed by atoms with van der Waals surface area (Å²) in [6, 6.07) is 17.7. The summed E-state index contributed by atoms with van der Waals surface area (Å²) >= 11 is 4.94. The molecular formula is C20H19BrN4OS. The van der Waals surface area contributed by atoms with Gasteiger partial charge in [0.25, 0.3) is 0 Å². The summed E-state index contributed by atoms with van der Waals surface area (Å²) in [5.41, 5.74) is 1.92. The molecule has 1 N–H and O–H groups in total. The molecule has 1 atom stereocenters. The third-order valence-electron chi connectivity index (χ3n) is 4.56. The van der Waals surface area contributed by atoms with Gasteiger partial charge in [-0.15, -0.1) is 5.10 Å². The van der Waals surface area contributed by atoms with E-state index < -0.39 is 0 Å². The second kappa shape index (κ2) is 8.27. The van der Waals surface area contributed by atoms with Crippen molar-refractivity contribution in [3.8, 4) is 11.4 Å². The Kier molecular flexibility index (Phi) is 5.59. The number of carbonyl (C=O) groups is 1. The fourth-order valence-electron chi connectivity index (χ4n) is 3.17. The zero-order valence-corrected chi connectivity index (χ0v) is 17.0. The minimum Gasteiger partial charge on any atom is -0.341 e. The first-order valence-corrected chi connectivity index (χ1v) is 10.6. The first kappa shape index (κ1) is 18.3. The molecule has 0 spiro atoms. The zero-order chi connectivity index (χ0) is 18.6. The van der Waals surface area contributed by atoms with E-state index in [0.717, 1.165) is 41.5 Å². The van der Waals surface area contributed by atoms with E-state index in [4.69, 9.17) is 0 Å². The van der Waals surface area contributed by atoms with Gasteiger partial charge >= 0.3 is 0 Å². The van der Waals surface area contributed by atoms with Gasteiger partial charge in [0.05, 0.1) is 0 Å². The lowest BCUT2D eigenvalue weighted by Gasteiger charge is -2.22. The molecule has 1 unspecified atom stereocenters. The number of halogens is 1. The lowest BCUT2D eigenvalue weighted by Crippen LogP contribution is -2.31. The van der Waals surface area contributed by atoms with E-state index in [1.165, 1.54) is 11.8 Å². The number of rotatable bonds is 5. The Morgan fingerprint density at radius 2 is 1.78 bits per heavy atom. The molecule has 138 valence electrons. The van der Waals surface area contributed by atoms with Crippen LogP contribution in [0, 0.1) is 0 Å². The van der Waals surface area contributed by atoms with Gasteiger partial charge < -0.3 is 4.90 Å². The molecule has 1 fully saturated rings. The summed E-state index contributed by atoms with van der Waals surface area (Å²) in [6.07, 6.45) is 2.15. The van der Waals surface area contributed by atoms with E-state index >= 15 is 0 Å². The van der Waals surface area contributed by atoms with Crippen molar-refractivity contribution in [1.29, 1.82) is 0 Å². The van der Waals surface area contributed by atoms with Gasteiger partial charge in [0.2, 0.25) is 11.1 Å². The van der Waals surface area contributed by atoms with Crippen LogP contribution in [0.25, 0.3) is 11.4 Å². The van der Waals surface area contributed by atoms with Gasteiger partial charge in [-0.3, -0.25) is 9.89 Å². The van der Waals surface area contributed by atoms with Crippen LogP contribution in [0.5, 0.6) is 0 Å². The molecule has 1 saturated heterocycles. The summed E-state index contributed by atoms with van der Waals surface area (Å²) in [5.74, 6) is 0.821. The van der Waals surface area contributed by atoms with Crippen LogP contribution in [-0.4, -0.2) is 39.1 Å². The third kappa shape index (κ3) is 4.09. The minimum absolute atomic E-state index is 0.135. The van der Waals surface area contributed by atoms with Crippen molar-refractivity contribution in [2.75, 3.05) is 13.1 Å². The number of aromatic amines is 1. The molecular weight excluding hydrogens is 424 g/mol. The van der Waals surface area contributed by atoms with Crippen molar-refractivity contribution in [2.24, 2.45) is 0 Å². The molecule has 4 rings (SSSR count). The van der Waals surface area contributed by atoms with E-state index in [-0.39, 0.29) is 11.2 Å². The van der Waals surface area contributed by atoms with Crippen LogP contribution in [0.3, 0.4) is 0 Å². The summed E-state index contributed by atoms with van der Waals surface area (Å²) in [4.78, 5) is 19.7. The quantitative estimate of drug-likeness (QED) is 0.582. The summed E-state index contributed by atoms with van der Waals surface area (Å²) in [5, 5.41) is 7.57. The Bertz CT molecular complexity index is 924. The number of aromatic nitrogens is 3. The predicted molar refractivity (Wildman–Crippen MR) is 110 cm³/mol. The summed E-state index contributed by atoms with van der Waals surface area (Å²) in [7, 11) is 0. The predicted octanol–water partition coefficient (Wildman–Crippen LogP) is 4.69. The van der Waals surface area contributed by atoms with Gasteiger partial charge in [0, 0.05) is 23.1 Å². The first-order valence-electron chi connectivity index (χ1n) is 8.90. The fraction of sp³-hybridized carbons (Fsp3) is 0.250. The molecule has 0 aliphatic carbocycles. The molecule has 5 nitrogen and oxygen atoms in total. The van der Waals surface area contributed by atoms with Crippen molar-refractivity contribution in [2.45, 2.75) is 23.2 Å². The molecule has 3 aromatic rings. The van der Waals surface area contributed by atoms with Gasteiger partial charge in [-0.05, 0) is 24.5 Å². The Balaban J connectivity index is 1.60. The second-order valence-electron chi connectivity index (χ2n) is 6.39. The highest BCUT2D eigenvalue weighted by atomic mass is 79.9. The number of H-pyrrole nitrogens is 1. The van der Waals surface area contributed by atoms with Gasteiger partial charge in [-0.2, -0.15) is 0 Å². The van der Waals surface area contributed by atoms with Crippen LogP contribution >= 0.6 is 27.7 Å². The topological polar surface area (TPSA) is 61.9 Å². The average molecular weight is 443 g/mol. The molecule has 1 aliphatic rings. The van der Waals surface area contributed by atoms with Crippen molar-refractivity contribution in [3.63, 3.8) is 0 Å². The third-order valence-corrected chi connectivity index (χ3v) is 6.36. The molecule has 1 aromatic heterocycles. The van der Waals surface area contributed by atoms with Crippen LogP contribution < -0.4 is 0 Å².